The predicted molar refractivity (Wildman–Crippen MR) is 62.2 cm³/mol. The molecular weight excluding hydrogens is 258 g/mol. The lowest BCUT2D eigenvalue weighted by atomic mass is 10.1. The van der Waals surface area contributed by atoms with Gasteiger partial charge in [-0.15, -0.1) is 0 Å². The zero-order valence-corrected chi connectivity index (χ0v) is 9.88. The Morgan fingerprint density at radius 2 is 2.16 bits per heavy atom. The number of rotatable bonds is 4. The molecule has 0 amide bonds. The van der Waals surface area contributed by atoms with E-state index >= 15 is 0 Å². The van der Waals surface area contributed by atoms with Crippen LogP contribution in [0.15, 0.2) is 30.3 Å². The summed E-state index contributed by atoms with van der Waals surface area (Å²) in [4.78, 5) is 10.8. The molecule has 0 fully saturated rings. The zero-order chi connectivity index (χ0) is 14.0. The summed E-state index contributed by atoms with van der Waals surface area (Å²) < 4.78 is 29.9. The molecule has 0 spiro atoms. The second-order valence-corrected chi connectivity index (χ2v) is 3.75. The number of aromatic carboxylic acids is 1. The quantitative estimate of drug-likeness (QED) is 0.924. The molecule has 0 aliphatic rings. The third kappa shape index (κ3) is 2.87. The molecule has 0 atom stereocenters. The Labute approximate surface area is 107 Å². The van der Waals surface area contributed by atoms with Gasteiger partial charge in [-0.3, -0.25) is 4.68 Å². The second kappa shape index (κ2) is 5.05. The molecule has 1 aromatic heterocycles. The summed E-state index contributed by atoms with van der Waals surface area (Å²) >= 11 is 0. The number of hydrogen-bond donors (Lipinski definition) is 1. The van der Waals surface area contributed by atoms with Gasteiger partial charge in [-0.05, 0) is 18.2 Å². The SMILES string of the molecule is Cn1nc(C(=O)O)cc1-c1cccc(OC(F)F)c1. The van der Waals surface area contributed by atoms with E-state index < -0.39 is 12.6 Å². The summed E-state index contributed by atoms with van der Waals surface area (Å²) in [6.45, 7) is -2.91. The van der Waals surface area contributed by atoms with Crippen LogP contribution in [0.5, 0.6) is 5.75 Å². The van der Waals surface area contributed by atoms with Gasteiger partial charge in [-0.2, -0.15) is 13.9 Å². The number of aryl methyl sites for hydroxylation is 1. The molecule has 0 radical (unpaired) electrons. The van der Waals surface area contributed by atoms with E-state index in [0.29, 0.717) is 11.3 Å². The van der Waals surface area contributed by atoms with E-state index in [-0.39, 0.29) is 11.4 Å². The minimum Gasteiger partial charge on any atom is -0.476 e. The van der Waals surface area contributed by atoms with Gasteiger partial charge in [0.2, 0.25) is 0 Å². The van der Waals surface area contributed by atoms with E-state index in [1.165, 1.54) is 22.9 Å². The van der Waals surface area contributed by atoms with Crippen LogP contribution in [0.25, 0.3) is 11.3 Å². The fourth-order valence-electron chi connectivity index (χ4n) is 1.67. The standard InChI is InChI=1S/C12H10F2N2O3/c1-16-10(6-9(15-16)11(17)18)7-3-2-4-8(5-7)19-12(13)14/h2-6,12H,1H3,(H,17,18). The number of carbonyl (C=O) groups is 1. The Hall–Kier alpha value is -2.44. The second-order valence-electron chi connectivity index (χ2n) is 3.75. The molecule has 2 aromatic rings. The summed E-state index contributed by atoms with van der Waals surface area (Å²) in [5, 5.41) is 12.6. The monoisotopic (exact) mass is 268 g/mol. The van der Waals surface area contributed by atoms with Gasteiger partial charge in [0.15, 0.2) is 5.69 Å². The molecule has 100 valence electrons. The Morgan fingerprint density at radius 1 is 1.42 bits per heavy atom. The minimum atomic E-state index is -2.91. The molecule has 2 rings (SSSR count). The van der Waals surface area contributed by atoms with E-state index in [1.54, 1.807) is 19.2 Å². The van der Waals surface area contributed by atoms with E-state index in [2.05, 4.69) is 9.84 Å². The summed E-state index contributed by atoms with van der Waals surface area (Å²) in [5.74, 6) is -1.15. The maximum absolute atomic E-state index is 12.1. The van der Waals surface area contributed by atoms with Crippen molar-refractivity contribution in [3.63, 3.8) is 0 Å². The van der Waals surface area contributed by atoms with E-state index in [4.69, 9.17) is 5.11 Å². The van der Waals surface area contributed by atoms with Crippen LogP contribution in [0.2, 0.25) is 0 Å². The molecule has 0 bridgehead atoms. The number of carboxylic acid groups (broad SMARTS) is 1. The molecule has 1 N–H and O–H groups in total. The number of aromatic nitrogens is 2. The third-order valence-electron chi connectivity index (χ3n) is 2.45. The summed E-state index contributed by atoms with van der Waals surface area (Å²) in [5.41, 5.74) is 0.926. The van der Waals surface area contributed by atoms with Crippen molar-refractivity contribution in [2.75, 3.05) is 0 Å². The van der Waals surface area contributed by atoms with Crippen molar-refractivity contribution in [1.82, 2.24) is 9.78 Å². The first kappa shape index (κ1) is 13.0. The molecule has 0 aliphatic carbocycles. The van der Waals surface area contributed by atoms with Crippen LogP contribution in [-0.2, 0) is 7.05 Å². The smallest absolute Gasteiger partial charge is 0.387 e. The van der Waals surface area contributed by atoms with Gasteiger partial charge in [0.25, 0.3) is 0 Å². The van der Waals surface area contributed by atoms with Crippen LogP contribution < -0.4 is 4.74 Å². The molecule has 0 saturated heterocycles. The van der Waals surface area contributed by atoms with E-state index in [0.717, 1.165) is 0 Å². The van der Waals surface area contributed by atoms with Gasteiger partial charge in [-0.1, -0.05) is 12.1 Å². The first-order chi connectivity index (χ1) is 8.97. The highest BCUT2D eigenvalue weighted by Gasteiger charge is 2.13. The van der Waals surface area contributed by atoms with Crippen LogP contribution in [0.3, 0.4) is 0 Å². The fraction of sp³-hybridized carbons (Fsp3) is 0.167. The summed E-state index contributed by atoms with van der Waals surface area (Å²) in [6, 6.07) is 7.35. The Morgan fingerprint density at radius 3 is 2.74 bits per heavy atom. The summed E-state index contributed by atoms with van der Waals surface area (Å²) in [6.07, 6.45) is 0. The lowest BCUT2D eigenvalue weighted by Gasteiger charge is -2.06. The predicted octanol–water partition coefficient (Wildman–Crippen LogP) is 2.39. The number of alkyl halides is 2. The summed E-state index contributed by atoms with van der Waals surface area (Å²) in [7, 11) is 1.57. The molecular formula is C12H10F2N2O3. The number of ether oxygens (including phenoxy) is 1. The lowest BCUT2D eigenvalue weighted by molar-refractivity contribution is -0.0498. The molecule has 5 nitrogen and oxygen atoms in total. The van der Waals surface area contributed by atoms with Crippen molar-refractivity contribution in [2.45, 2.75) is 6.61 Å². The number of carboxylic acids is 1. The molecule has 0 aliphatic heterocycles. The number of hydrogen-bond acceptors (Lipinski definition) is 3. The van der Waals surface area contributed by atoms with Gasteiger partial charge in [0, 0.05) is 12.6 Å². The maximum Gasteiger partial charge on any atom is 0.387 e. The molecule has 1 heterocycles. The average Bonchev–Trinajstić information content (AvgIpc) is 2.71. The van der Waals surface area contributed by atoms with Gasteiger partial charge in [0.05, 0.1) is 5.69 Å². The van der Waals surface area contributed by atoms with Crippen LogP contribution in [-0.4, -0.2) is 27.5 Å². The number of benzene rings is 1. The highest BCUT2D eigenvalue weighted by atomic mass is 19.3. The van der Waals surface area contributed by atoms with Crippen LogP contribution in [0.4, 0.5) is 8.78 Å². The van der Waals surface area contributed by atoms with Crippen molar-refractivity contribution < 1.29 is 23.4 Å². The lowest BCUT2D eigenvalue weighted by Crippen LogP contribution is -2.02. The number of halogens is 2. The van der Waals surface area contributed by atoms with Crippen molar-refractivity contribution in [2.24, 2.45) is 7.05 Å². The number of nitrogens with zero attached hydrogens (tertiary/aromatic N) is 2. The van der Waals surface area contributed by atoms with Gasteiger partial charge in [-0.25, -0.2) is 4.79 Å². The zero-order valence-electron chi connectivity index (χ0n) is 9.88. The van der Waals surface area contributed by atoms with E-state index in [9.17, 15) is 13.6 Å². The van der Waals surface area contributed by atoms with Crippen molar-refractivity contribution in [1.29, 1.82) is 0 Å². The normalized spacial score (nSPS) is 10.7. The molecule has 0 unspecified atom stereocenters. The van der Waals surface area contributed by atoms with Gasteiger partial charge in [0.1, 0.15) is 5.75 Å². The van der Waals surface area contributed by atoms with E-state index in [1.807, 2.05) is 0 Å². The maximum atomic E-state index is 12.1. The minimum absolute atomic E-state index is 0.00516. The Kier molecular flexibility index (Phi) is 3.46. The van der Waals surface area contributed by atoms with Crippen LogP contribution in [0, 0.1) is 0 Å². The highest BCUT2D eigenvalue weighted by molar-refractivity contribution is 5.87. The van der Waals surface area contributed by atoms with Crippen molar-refractivity contribution in [3.05, 3.63) is 36.0 Å². The highest BCUT2D eigenvalue weighted by Crippen LogP contribution is 2.25. The van der Waals surface area contributed by atoms with Crippen LogP contribution >= 0.6 is 0 Å². The Bertz CT molecular complexity index is 611. The molecule has 0 saturated carbocycles. The van der Waals surface area contributed by atoms with Crippen molar-refractivity contribution >= 4 is 5.97 Å². The topological polar surface area (TPSA) is 64.4 Å². The first-order valence-corrected chi connectivity index (χ1v) is 5.30. The largest absolute Gasteiger partial charge is 0.476 e. The average molecular weight is 268 g/mol. The van der Waals surface area contributed by atoms with Gasteiger partial charge >= 0.3 is 12.6 Å². The third-order valence-corrected chi connectivity index (χ3v) is 2.45. The fourth-order valence-corrected chi connectivity index (χ4v) is 1.67. The molecule has 1 aromatic carbocycles. The van der Waals surface area contributed by atoms with Crippen LogP contribution in [0.1, 0.15) is 10.5 Å². The van der Waals surface area contributed by atoms with Gasteiger partial charge < -0.3 is 9.84 Å². The molecule has 19 heavy (non-hydrogen) atoms. The first-order valence-electron chi connectivity index (χ1n) is 5.30. The molecule has 7 heteroatoms. The Balaban J connectivity index is 2.38. The van der Waals surface area contributed by atoms with Crippen molar-refractivity contribution in [3.8, 4) is 17.0 Å².